The average Bonchev–Trinajstić information content (AvgIpc) is 2.40. The third-order valence-electron chi connectivity index (χ3n) is 2.61. The van der Waals surface area contributed by atoms with Crippen LogP contribution in [0, 0.1) is 0 Å². The highest BCUT2D eigenvalue weighted by atomic mass is 35.5. The van der Waals surface area contributed by atoms with E-state index in [2.05, 4.69) is 9.97 Å². The maximum Gasteiger partial charge on any atom is 0.224 e. The second kappa shape index (κ2) is 6.88. The number of aryl methyl sites for hydroxylation is 1. The predicted molar refractivity (Wildman–Crippen MR) is 78.7 cm³/mol. The van der Waals surface area contributed by atoms with Crippen molar-refractivity contribution in [1.29, 1.82) is 0 Å². The quantitative estimate of drug-likeness (QED) is 0.773. The molecule has 6 heteroatoms. The molecule has 106 valence electrons. The highest BCUT2D eigenvalue weighted by molar-refractivity contribution is 6.31. The lowest BCUT2D eigenvalue weighted by molar-refractivity contribution is 0.177. The number of halogens is 2. The lowest BCUT2D eigenvalue weighted by Gasteiger charge is -2.09. The Kier molecular flexibility index (Phi) is 5.17. The van der Waals surface area contributed by atoms with Crippen molar-refractivity contribution in [3.63, 3.8) is 0 Å². The Labute approximate surface area is 127 Å². The van der Waals surface area contributed by atoms with Gasteiger partial charge in [-0.05, 0) is 30.2 Å². The summed E-state index contributed by atoms with van der Waals surface area (Å²) in [5.41, 5.74) is 1.02. The Hall–Kier alpha value is -1.36. The molecule has 0 atom stereocenters. The van der Waals surface area contributed by atoms with E-state index in [4.69, 9.17) is 32.7 Å². The molecular formula is C14H14Cl2N2O2. The smallest absolute Gasteiger partial charge is 0.224 e. The van der Waals surface area contributed by atoms with Gasteiger partial charge in [-0.3, -0.25) is 0 Å². The molecule has 0 saturated heterocycles. The summed E-state index contributed by atoms with van der Waals surface area (Å²) < 4.78 is 10.7. The van der Waals surface area contributed by atoms with Gasteiger partial charge in [-0.25, -0.2) is 4.98 Å². The van der Waals surface area contributed by atoms with Crippen molar-refractivity contribution in [1.82, 2.24) is 9.97 Å². The molecule has 0 fully saturated rings. The van der Waals surface area contributed by atoms with E-state index in [1.165, 1.54) is 0 Å². The largest absolute Gasteiger partial charge is 0.439 e. The topological polar surface area (TPSA) is 44.2 Å². The summed E-state index contributed by atoms with van der Waals surface area (Å²) in [6.45, 7) is 2.31. The van der Waals surface area contributed by atoms with Crippen molar-refractivity contribution in [2.24, 2.45) is 0 Å². The number of benzene rings is 1. The van der Waals surface area contributed by atoms with Gasteiger partial charge in [0.05, 0.1) is 0 Å². The molecule has 1 aromatic heterocycles. The third kappa shape index (κ3) is 3.82. The molecule has 0 N–H and O–H groups in total. The Morgan fingerprint density at radius 1 is 1.15 bits per heavy atom. The minimum absolute atomic E-state index is 0.276. The first-order chi connectivity index (χ1) is 9.62. The molecule has 0 radical (unpaired) electrons. The van der Waals surface area contributed by atoms with E-state index >= 15 is 0 Å². The summed E-state index contributed by atoms with van der Waals surface area (Å²) in [5.74, 6) is 1.51. The minimum Gasteiger partial charge on any atom is -0.439 e. The number of hydrogen-bond donors (Lipinski definition) is 0. The highest BCUT2D eigenvalue weighted by Crippen LogP contribution is 2.26. The molecule has 2 aromatic rings. The molecule has 0 amide bonds. The second-order valence-electron chi connectivity index (χ2n) is 4.09. The zero-order chi connectivity index (χ0) is 14.5. The SMILES string of the molecule is CCc1cc(Oc2cc(Cl)nc(COC)n2)ccc1Cl. The first-order valence-corrected chi connectivity index (χ1v) is 6.86. The van der Waals surface area contributed by atoms with E-state index < -0.39 is 0 Å². The van der Waals surface area contributed by atoms with Gasteiger partial charge in [0.25, 0.3) is 0 Å². The molecule has 0 aliphatic carbocycles. The van der Waals surface area contributed by atoms with Crippen LogP contribution in [0.2, 0.25) is 10.2 Å². The molecule has 0 bridgehead atoms. The fourth-order valence-corrected chi connectivity index (χ4v) is 2.14. The number of methoxy groups -OCH3 is 1. The second-order valence-corrected chi connectivity index (χ2v) is 4.88. The Balaban J connectivity index is 2.25. The van der Waals surface area contributed by atoms with Gasteiger partial charge in [0.15, 0.2) is 5.82 Å². The molecular weight excluding hydrogens is 299 g/mol. The van der Waals surface area contributed by atoms with Gasteiger partial charge in [-0.15, -0.1) is 0 Å². The van der Waals surface area contributed by atoms with Crippen LogP contribution in [0.1, 0.15) is 18.3 Å². The van der Waals surface area contributed by atoms with E-state index in [1.807, 2.05) is 13.0 Å². The molecule has 0 spiro atoms. The lowest BCUT2D eigenvalue weighted by Crippen LogP contribution is -1.99. The van der Waals surface area contributed by atoms with E-state index in [1.54, 1.807) is 25.3 Å². The van der Waals surface area contributed by atoms with E-state index in [0.717, 1.165) is 17.0 Å². The van der Waals surface area contributed by atoms with Crippen LogP contribution in [0.4, 0.5) is 0 Å². The highest BCUT2D eigenvalue weighted by Gasteiger charge is 2.07. The van der Waals surface area contributed by atoms with Gasteiger partial charge < -0.3 is 9.47 Å². The summed E-state index contributed by atoms with van der Waals surface area (Å²) in [6, 6.07) is 7.03. The Bertz CT molecular complexity index is 606. The van der Waals surface area contributed by atoms with Gasteiger partial charge in [0.2, 0.25) is 5.88 Å². The molecule has 4 nitrogen and oxygen atoms in total. The number of ether oxygens (including phenoxy) is 2. The van der Waals surface area contributed by atoms with Gasteiger partial charge in [0.1, 0.15) is 17.5 Å². The summed E-state index contributed by atoms with van der Waals surface area (Å²) >= 11 is 12.0. The molecule has 0 aliphatic rings. The number of hydrogen-bond acceptors (Lipinski definition) is 4. The molecule has 1 heterocycles. The van der Waals surface area contributed by atoms with Crippen molar-refractivity contribution in [2.45, 2.75) is 20.0 Å². The summed E-state index contributed by atoms with van der Waals surface area (Å²) in [6.07, 6.45) is 0.829. The van der Waals surface area contributed by atoms with Crippen LogP contribution < -0.4 is 4.74 Å². The van der Waals surface area contributed by atoms with Crippen LogP contribution >= 0.6 is 23.2 Å². The first-order valence-electron chi connectivity index (χ1n) is 6.11. The normalized spacial score (nSPS) is 10.6. The average molecular weight is 313 g/mol. The standard InChI is InChI=1S/C14H14Cl2N2O2/c1-3-9-6-10(4-5-11(9)15)20-14-7-12(16)17-13(18-14)8-19-2/h4-7H,3,8H2,1-2H3. The van der Waals surface area contributed by atoms with Crippen molar-refractivity contribution in [2.75, 3.05) is 7.11 Å². The van der Waals surface area contributed by atoms with Gasteiger partial charge in [0, 0.05) is 18.2 Å². The summed E-state index contributed by atoms with van der Waals surface area (Å²) in [7, 11) is 1.57. The third-order valence-corrected chi connectivity index (χ3v) is 3.17. The van der Waals surface area contributed by atoms with Crippen LogP contribution in [0.3, 0.4) is 0 Å². The zero-order valence-electron chi connectivity index (χ0n) is 11.2. The number of aromatic nitrogens is 2. The molecule has 1 aromatic carbocycles. The number of rotatable bonds is 5. The summed E-state index contributed by atoms with van der Waals surface area (Å²) in [4.78, 5) is 8.26. The van der Waals surface area contributed by atoms with Crippen LogP contribution in [-0.4, -0.2) is 17.1 Å². The molecule has 20 heavy (non-hydrogen) atoms. The van der Waals surface area contributed by atoms with Crippen LogP contribution in [0.15, 0.2) is 24.3 Å². The predicted octanol–water partition coefficient (Wildman–Crippen LogP) is 4.28. The summed E-state index contributed by atoms with van der Waals surface area (Å²) in [5, 5.41) is 1.03. The van der Waals surface area contributed by atoms with Gasteiger partial charge >= 0.3 is 0 Å². The number of nitrogens with zero attached hydrogens (tertiary/aromatic N) is 2. The monoisotopic (exact) mass is 312 g/mol. The minimum atomic E-state index is 0.276. The maximum atomic E-state index is 6.07. The molecule has 0 saturated carbocycles. The lowest BCUT2D eigenvalue weighted by atomic mass is 10.1. The van der Waals surface area contributed by atoms with Gasteiger partial charge in [-0.1, -0.05) is 30.1 Å². The molecule has 0 unspecified atom stereocenters. The maximum absolute atomic E-state index is 6.07. The van der Waals surface area contributed by atoms with Crippen molar-refractivity contribution < 1.29 is 9.47 Å². The van der Waals surface area contributed by atoms with Crippen molar-refractivity contribution in [3.05, 3.63) is 45.8 Å². The fraction of sp³-hybridized carbons (Fsp3) is 0.286. The van der Waals surface area contributed by atoms with Crippen LogP contribution in [-0.2, 0) is 17.8 Å². The van der Waals surface area contributed by atoms with Crippen molar-refractivity contribution in [3.8, 4) is 11.6 Å². The first kappa shape index (κ1) is 15.0. The fourth-order valence-electron chi connectivity index (χ4n) is 1.69. The molecule has 0 aliphatic heterocycles. The van der Waals surface area contributed by atoms with Crippen LogP contribution in [0.5, 0.6) is 11.6 Å². The van der Waals surface area contributed by atoms with E-state index in [0.29, 0.717) is 22.6 Å². The van der Waals surface area contributed by atoms with E-state index in [9.17, 15) is 0 Å². The zero-order valence-corrected chi connectivity index (χ0v) is 12.7. The van der Waals surface area contributed by atoms with Crippen molar-refractivity contribution >= 4 is 23.2 Å². The molecule has 2 rings (SSSR count). The van der Waals surface area contributed by atoms with Crippen LogP contribution in [0.25, 0.3) is 0 Å². The Morgan fingerprint density at radius 3 is 2.65 bits per heavy atom. The van der Waals surface area contributed by atoms with E-state index in [-0.39, 0.29) is 6.61 Å². The van der Waals surface area contributed by atoms with Gasteiger partial charge in [-0.2, -0.15) is 4.98 Å². The Morgan fingerprint density at radius 2 is 1.95 bits per heavy atom.